The predicted molar refractivity (Wildman–Crippen MR) is 57.9 cm³/mol. The number of aliphatic hydroxyl groups excluding tert-OH is 1. The van der Waals surface area contributed by atoms with Gasteiger partial charge in [-0.05, 0) is 32.6 Å². The molecule has 0 aromatic rings. The fourth-order valence-electron chi connectivity index (χ4n) is 1.74. The summed E-state index contributed by atoms with van der Waals surface area (Å²) in [5, 5.41) is 7.00. The number of aliphatic hydroxyl groups is 1. The fourth-order valence-corrected chi connectivity index (χ4v) is 1.74. The maximum atomic E-state index is 7.00. The molecule has 82 valence electrons. The maximum absolute atomic E-state index is 7.00. The minimum Gasteiger partial charge on any atom is -0.400 e. The van der Waals surface area contributed by atoms with Crippen molar-refractivity contribution in [2.24, 2.45) is 5.92 Å². The molecule has 0 aromatic carbocycles. The lowest BCUT2D eigenvalue weighted by atomic mass is 9.95. The standard InChI is InChI=1S/C8H16O.C2H6.CH4O/c1-6-4-7(2)9-8(3)5-6;2*1-2/h6-8H,4-5H2,1-3H3;1-2H3;2H,1H3/t6?,7-,8+;;. The monoisotopic (exact) mass is 190 g/mol. The van der Waals surface area contributed by atoms with Gasteiger partial charge < -0.3 is 9.84 Å². The quantitative estimate of drug-likeness (QED) is 0.636. The van der Waals surface area contributed by atoms with E-state index in [1.807, 2.05) is 13.8 Å². The van der Waals surface area contributed by atoms with Crippen LogP contribution < -0.4 is 0 Å². The van der Waals surface area contributed by atoms with Crippen LogP contribution in [0.1, 0.15) is 47.5 Å². The van der Waals surface area contributed by atoms with Gasteiger partial charge in [0.05, 0.1) is 12.2 Å². The Morgan fingerprint density at radius 2 is 1.23 bits per heavy atom. The van der Waals surface area contributed by atoms with Gasteiger partial charge in [0.15, 0.2) is 0 Å². The summed E-state index contributed by atoms with van der Waals surface area (Å²) in [6.45, 7) is 10.6. The third-order valence-electron chi connectivity index (χ3n) is 1.93. The fraction of sp³-hybridized carbons (Fsp3) is 1.00. The minimum atomic E-state index is 0.490. The van der Waals surface area contributed by atoms with Crippen molar-refractivity contribution in [3.8, 4) is 0 Å². The third-order valence-corrected chi connectivity index (χ3v) is 1.93. The normalized spacial score (nSPS) is 32.1. The van der Waals surface area contributed by atoms with Crippen molar-refractivity contribution in [1.29, 1.82) is 0 Å². The first-order valence-electron chi connectivity index (χ1n) is 5.28. The maximum Gasteiger partial charge on any atom is 0.0553 e. The molecule has 1 aliphatic heterocycles. The van der Waals surface area contributed by atoms with E-state index in [4.69, 9.17) is 9.84 Å². The third kappa shape index (κ3) is 8.26. The highest BCUT2D eigenvalue weighted by Gasteiger charge is 2.20. The summed E-state index contributed by atoms with van der Waals surface area (Å²) in [4.78, 5) is 0. The second-order valence-corrected chi connectivity index (χ2v) is 3.33. The molecule has 13 heavy (non-hydrogen) atoms. The molecule has 0 spiro atoms. The number of ether oxygens (including phenoxy) is 1. The molecule has 1 rings (SSSR count). The lowest BCUT2D eigenvalue weighted by Crippen LogP contribution is -2.27. The van der Waals surface area contributed by atoms with E-state index in [1.54, 1.807) is 0 Å². The van der Waals surface area contributed by atoms with Gasteiger partial charge in [-0.3, -0.25) is 0 Å². The van der Waals surface area contributed by atoms with Gasteiger partial charge in [0, 0.05) is 7.11 Å². The molecule has 0 amide bonds. The summed E-state index contributed by atoms with van der Waals surface area (Å²) in [7, 11) is 1.00. The zero-order valence-electron chi connectivity index (χ0n) is 10.0. The molecule has 2 heteroatoms. The van der Waals surface area contributed by atoms with Gasteiger partial charge in [-0.15, -0.1) is 0 Å². The summed E-state index contributed by atoms with van der Waals surface area (Å²) in [5.41, 5.74) is 0. The van der Waals surface area contributed by atoms with E-state index in [0.717, 1.165) is 13.0 Å². The molecule has 0 radical (unpaired) electrons. The Morgan fingerprint density at radius 1 is 0.923 bits per heavy atom. The van der Waals surface area contributed by atoms with Crippen LogP contribution in [0.5, 0.6) is 0 Å². The summed E-state index contributed by atoms with van der Waals surface area (Å²) >= 11 is 0. The van der Waals surface area contributed by atoms with Gasteiger partial charge in [0.25, 0.3) is 0 Å². The molecule has 1 unspecified atom stereocenters. The van der Waals surface area contributed by atoms with Crippen molar-refractivity contribution in [1.82, 2.24) is 0 Å². The first-order valence-corrected chi connectivity index (χ1v) is 5.28. The van der Waals surface area contributed by atoms with Crippen molar-refractivity contribution in [3.05, 3.63) is 0 Å². The smallest absolute Gasteiger partial charge is 0.0553 e. The molecule has 1 aliphatic rings. The van der Waals surface area contributed by atoms with Crippen molar-refractivity contribution in [2.75, 3.05) is 7.11 Å². The summed E-state index contributed by atoms with van der Waals surface area (Å²) < 4.78 is 5.56. The van der Waals surface area contributed by atoms with E-state index in [0.29, 0.717) is 12.2 Å². The van der Waals surface area contributed by atoms with E-state index in [1.165, 1.54) is 12.8 Å². The van der Waals surface area contributed by atoms with Gasteiger partial charge in [-0.25, -0.2) is 0 Å². The van der Waals surface area contributed by atoms with E-state index in [2.05, 4.69) is 20.8 Å². The average Bonchev–Trinajstić information content (AvgIpc) is 2.09. The highest BCUT2D eigenvalue weighted by atomic mass is 16.5. The molecule has 0 aromatic heterocycles. The van der Waals surface area contributed by atoms with Gasteiger partial charge >= 0.3 is 0 Å². The van der Waals surface area contributed by atoms with Crippen molar-refractivity contribution in [3.63, 3.8) is 0 Å². The summed E-state index contributed by atoms with van der Waals surface area (Å²) in [6.07, 6.45) is 3.46. The van der Waals surface area contributed by atoms with Gasteiger partial charge in [0.1, 0.15) is 0 Å². The van der Waals surface area contributed by atoms with E-state index in [-0.39, 0.29) is 0 Å². The Bertz CT molecular complexity index is 69.1. The van der Waals surface area contributed by atoms with Crippen LogP contribution in [0.25, 0.3) is 0 Å². The molecule has 1 fully saturated rings. The Labute approximate surface area is 83.3 Å². The van der Waals surface area contributed by atoms with Crippen molar-refractivity contribution < 1.29 is 9.84 Å². The van der Waals surface area contributed by atoms with Crippen LogP contribution in [0.15, 0.2) is 0 Å². The van der Waals surface area contributed by atoms with Gasteiger partial charge in [-0.2, -0.15) is 0 Å². The van der Waals surface area contributed by atoms with E-state index < -0.39 is 0 Å². The lowest BCUT2D eigenvalue weighted by Gasteiger charge is -2.29. The predicted octanol–water partition coefficient (Wildman–Crippen LogP) is 2.84. The molecular formula is C11H26O2. The van der Waals surface area contributed by atoms with Crippen molar-refractivity contribution >= 4 is 0 Å². The Balaban J connectivity index is 0. The number of hydrogen-bond donors (Lipinski definition) is 1. The Morgan fingerprint density at radius 3 is 1.46 bits per heavy atom. The molecule has 1 N–H and O–H groups in total. The highest BCUT2D eigenvalue weighted by Crippen LogP contribution is 2.23. The topological polar surface area (TPSA) is 29.5 Å². The molecule has 0 aliphatic carbocycles. The lowest BCUT2D eigenvalue weighted by molar-refractivity contribution is -0.0485. The van der Waals surface area contributed by atoms with Crippen LogP contribution >= 0.6 is 0 Å². The minimum absolute atomic E-state index is 0.490. The number of hydrogen-bond acceptors (Lipinski definition) is 2. The van der Waals surface area contributed by atoms with Crippen LogP contribution in [0, 0.1) is 5.92 Å². The zero-order valence-corrected chi connectivity index (χ0v) is 10.0. The SMILES string of the molecule is CC.CC1C[C@@H](C)O[C@@H](C)C1.CO. The molecule has 1 saturated heterocycles. The first kappa shape index (κ1) is 15.4. The molecular weight excluding hydrogens is 164 g/mol. The molecule has 1 heterocycles. The Kier molecular flexibility index (Phi) is 11.8. The van der Waals surface area contributed by atoms with Gasteiger partial charge in [0.2, 0.25) is 0 Å². The highest BCUT2D eigenvalue weighted by molar-refractivity contribution is 4.69. The molecule has 0 saturated carbocycles. The number of rotatable bonds is 0. The van der Waals surface area contributed by atoms with Gasteiger partial charge in [-0.1, -0.05) is 20.8 Å². The van der Waals surface area contributed by atoms with Crippen molar-refractivity contribution in [2.45, 2.75) is 59.7 Å². The van der Waals surface area contributed by atoms with E-state index >= 15 is 0 Å². The molecule has 3 atom stereocenters. The van der Waals surface area contributed by atoms with Crippen LogP contribution in [-0.2, 0) is 4.74 Å². The second-order valence-electron chi connectivity index (χ2n) is 3.33. The summed E-state index contributed by atoms with van der Waals surface area (Å²) in [6, 6.07) is 0. The zero-order chi connectivity index (χ0) is 10.9. The molecule has 0 bridgehead atoms. The first-order chi connectivity index (χ1) is 6.18. The van der Waals surface area contributed by atoms with Crippen LogP contribution in [0.4, 0.5) is 0 Å². The average molecular weight is 190 g/mol. The summed E-state index contributed by atoms with van der Waals surface area (Å²) in [5.74, 6) is 0.865. The van der Waals surface area contributed by atoms with Crippen LogP contribution in [0.3, 0.4) is 0 Å². The Hall–Kier alpha value is -0.0800. The second kappa shape index (κ2) is 10.0. The largest absolute Gasteiger partial charge is 0.400 e. The van der Waals surface area contributed by atoms with Crippen LogP contribution in [0.2, 0.25) is 0 Å². The van der Waals surface area contributed by atoms with Crippen LogP contribution in [-0.4, -0.2) is 24.4 Å². The molecule has 2 nitrogen and oxygen atoms in total. The van der Waals surface area contributed by atoms with E-state index in [9.17, 15) is 0 Å².